The molecule has 0 fully saturated rings. The first-order chi connectivity index (χ1) is 8.08. The molecule has 2 nitrogen and oxygen atoms in total. The standard InChI is InChI=1S/C15H17NO/c1-15(2)8-6-11-4-5-12(17-3)10-13(11)14(15)7-9-16/h4-5,7,10H,6,8H2,1-3H3/b14-7+. The first kappa shape index (κ1) is 11.7. The highest BCUT2D eigenvalue weighted by molar-refractivity contribution is 5.76. The zero-order chi connectivity index (χ0) is 12.5. The van der Waals surface area contributed by atoms with Crippen LogP contribution < -0.4 is 4.74 Å². The average Bonchev–Trinajstić information content (AvgIpc) is 2.32. The molecule has 0 bridgehead atoms. The van der Waals surface area contributed by atoms with E-state index in [4.69, 9.17) is 10.00 Å². The van der Waals surface area contributed by atoms with Gasteiger partial charge in [-0.15, -0.1) is 0 Å². The van der Waals surface area contributed by atoms with Crippen molar-refractivity contribution in [1.29, 1.82) is 5.26 Å². The Balaban J connectivity index is 2.60. The van der Waals surface area contributed by atoms with Crippen molar-refractivity contribution < 1.29 is 4.74 Å². The number of hydrogen-bond donors (Lipinski definition) is 0. The van der Waals surface area contributed by atoms with Crippen LogP contribution in [0.25, 0.3) is 5.57 Å². The first-order valence-electron chi connectivity index (χ1n) is 5.86. The van der Waals surface area contributed by atoms with Gasteiger partial charge >= 0.3 is 0 Å². The summed E-state index contributed by atoms with van der Waals surface area (Å²) in [7, 11) is 1.67. The predicted octanol–water partition coefficient (Wildman–Crippen LogP) is 3.57. The minimum atomic E-state index is 0.0646. The van der Waals surface area contributed by atoms with Crippen LogP contribution in [0.5, 0.6) is 5.75 Å². The number of ether oxygens (including phenoxy) is 1. The Kier molecular flexibility index (Phi) is 2.93. The van der Waals surface area contributed by atoms with Crippen molar-refractivity contribution in [2.24, 2.45) is 5.41 Å². The Bertz CT molecular complexity index is 506. The van der Waals surface area contributed by atoms with Gasteiger partial charge in [0.15, 0.2) is 0 Å². The molecule has 1 aromatic carbocycles. The summed E-state index contributed by atoms with van der Waals surface area (Å²) in [6.45, 7) is 4.39. The van der Waals surface area contributed by atoms with Crippen LogP contribution in [0.15, 0.2) is 24.3 Å². The topological polar surface area (TPSA) is 33.0 Å². The molecule has 1 aliphatic carbocycles. The fourth-order valence-corrected chi connectivity index (χ4v) is 2.44. The zero-order valence-corrected chi connectivity index (χ0v) is 10.6. The molecule has 0 aliphatic heterocycles. The molecule has 0 spiro atoms. The lowest BCUT2D eigenvalue weighted by Gasteiger charge is -2.34. The van der Waals surface area contributed by atoms with Gasteiger partial charge in [-0.05, 0) is 47.1 Å². The second-order valence-corrected chi connectivity index (χ2v) is 5.09. The summed E-state index contributed by atoms with van der Waals surface area (Å²) in [6, 6.07) is 8.30. The maximum absolute atomic E-state index is 8.95. The Morgan fingerprint density at radius 1 is 1.41 bits per heavy atom. The molecule has 88 valence electrons. The van der Waals surface area contributed by atoms with Crippen LogP contribution in [0.2, 0.25) is 0 Å². The fraction of sp³-hybridized carbons (Fsp3) is 0.400. The van der Waals surface area contributed by atoms with Crippen LogP contribution in [0.1, 0.15) is 31.4 Å². The highest BCUT2D eigenvalue weighted by atomic mass is 16.5. The molecule has 0 saturated heterocycles. The summed E-state index contributed by atoms with van der Waals surface area (Å²) in [5, 5.41) is 8.95. The SMILES string of the molecule is COc1ccc2c(c1)/C(=C\C#N)C(C)(C)CC2. The maximum Gasteiger partial charge on any atom is 0.119 e. The van der Waals surface area contributed by atoms with E-state index < -0.39 is 0 Å². The maximum atomic E-state index is 8.95. The van der Waals surface area contributed by atoms with E-state index in [1.54, 1.807) is 13.2 Å². The van der Waals surface area contributed by atoms with E-state index in [1.807, 2.05) is 12.1 Å². The average molecular weight is 227 g/mol. The molecule has 0 aromatic heterocycles. The number of methoxy groups -OCH3 is 1. The van der Waals surface area contributed by atoms with E-state index in [0.717, 1.165) is 24.2 Å². The summed E-state index contributed by atoms with van der Waals surface area (Å²) < 4.78 is 5.26. The summed E-state index contributed by atoms with van der Waals surface area (Å²) in [5.41, 5.74) is 3.67. The van der Waals surface area contributed by atoms with Crippen LogP contribution in [0.4, 0.5) is 0 Å². The number of benzene rings is 1. The van der Waals surface area contributed by atoms with E-state index >= 15 is 0 Å². The Morgan fingerprint density at radius 3 is 2.82 bits per heavy atom. The monoisotopic (exact) mass is 227 g/mol. The molecule has 0 heterocycles. The lowest BCUT2D eigenvalue weighted by Crippen LogP contribution is -2.21. The van der Waals surface area contributed by atoms with Gasteiger partial charge < -0.3 is 4.74 Å². The van der Waals surface area contributed by atoms with Crippen LogP contribution in [-0.2, 0) is 6.42 Å². The summed E-state index contributed by atoms with van der Waals surface area (Å²) >= 11 is 0. The molecule has 0 unspecified atom stereocenters. The molecule has 0 amide bonds. The molecule has 2 rings (SSSR count). The van der Waals surface area contributed by atoms with Gasteiger partial charge in [-0.25, -0.2) is 0 Å². The first-order valence-corrected chi connectivity index (χ1v) is 5.86. The van der Waals surface area contributed by atoms with Gasteiger partial charge in [-0.2, -0.15) is 5.26 Å². The lowest BCUT2D eigenvalue weighted by atomic mass is 9.70. The third-order valence-corrected chi connectivity index (χ3v) is 3.56. The van der Waals surface area contributed by atoms with E-state index in [-0.39, 0.29) is 5.41 Å². The minimum Gasteiger partial charge on any atom is -0.497 e. The van der Waals surface area contributed by atoms with Gasteiger partial charge in [-0.1, -0.05) is 19.9 Å². The van der Waals surface area contributed by atoms with Gasteiger partial charge in [0.25, 0.3) is 0 Å². The normalized spacial score (nSPS) is 19.5. The highest BCUT2D eigenvalue weighted by Crippen LogP contribution is 2.45. The van der Waals surface area contributed by atoms with E-state index in [0.29, 0.717) is 0 Å². The summed E-state index contributed by atoms with van der Waals surface area (Å²) in [5.74, 6) is 0.852. The third-order valence-electron chi connectivity index (χ3n) is 3.56. The molecule has 2 heteroatoms. The molecular weight excluding hydrogens is 210 g/mol. The molecule has 1 aromatic rings. The van der Waals surface area contributed by atoms with E-state index in [9.17, 15) is 0 Å². The number of aryl methyl sites for hydroxylation is 1. The van der Waals surface area contributed by atoms with Crippen molar-refractivity contribution in [1.82, 2.24) is 0 Å². The smallest absolute Gasteiger partial charge is 0.119 e. The Labute approximate surface area is 103 Å². The molecule has 0 N–H and O–H groups in total. The van der Waals surface area contributed by atoms with Crippen molar-refractivity contribution in [2.75, 3.05) is 7.11 Å². The number of fused-ring (bicyclic) bond motifs is 1. The number of allylic oxidation sites excluding steroid dienone is 2. The van der Waals surface area contributed by atoms with Gasteiger partial charge in [0.1, 0.15) is 5.75 Å². The number of nitrogens with zero attached hydrogens (tertiary/aromatic N) is 1. The van der Waals surface area contributed by atoms with Crippen molar-refractivity contribution >= 4 is 5.57 Å². The number of rotatable bonds is 1. The lowest BCUT2D eigenvalue weighted by molar-refractivity contribution is 0.411. The molecule has 0 saturated carbocycles. The van der Waals surface area contributed by atoms with Crippen LogP contribution in [0.3, 0.4) is 0 Å². The van der Waals surface area contributed by atoms with Gasteiger partial charge in [-0.3, -0.25) is 0 Å². The van der Waals surface area contributed by atoms with Crippen LogP contribution in [0, 0.1) is 16.7 Å². The van der Waals surface area contributed by atoms with Gasteiger partial charge in [0.05, 0.1) is 13.2 Å². The number of hydrogen-bond acceptors (Lipinski definition) is 2. The highest BCUT2D eigenvalue weighted by Gasteiger charge is 2.30. The van der Waals surface area contributed by atoms with Crippen molar-refractivity contribution in [3.63, 3.8) is 0 Å². The quantitative estimate of drug-likeness (QED) is 0.687. The molecule has 0 radical (unpaired) electrons. The molecule has 17 heavy (non-hydrogen) atoms. The minimum absolute atomic E-state index is 0.0646. The van der Waals surface area contributed by atoms with Crippen molar-refractivity contribution in [3.8, 4) is 11.8 Å². The molecular formula is C15H17NO. The fourth-order valence-electron chi connectivity index (χ4n) is 2.44. The third kappa shape index (κ3) is 2.06. The second-order valence-electron chi connectivity index (χ2n) is 5.09. The van der Waals surface area contributed by atoms with Gasteiger partial charge in [0.2, 0.25) is 0 Å². The van der Waals surface area contributed by atoms with Crippen molar-refractivity contribution in [3.05, 3.63) is 35.4 Å². The largest absolute Gasteiger partial charge is 0.497 e. The second kappa shape index (κ2) is 4.25. The zero-order valence-electron chi connectivity index (χ0n) is 10.6. The Hall–Kier alpha value is -1.75. The van der Waals surface area contributed by atoms with Gasteiger partial charge in [0, 0.05) is 6.08 Å². The molecule has 1 aliphatic rings. The van der Waals surface area contributed by atoms with Crippen LogP contribution >= 0.6 is 0 Å². The molecule has 0 atom stereocenters. The summed E-state index contributed by atoms with van der Waals surface area (Å²) in [6.07, 6.45) is 3.83. The summed E-state index contributed by atoms with van der Waals surface area (Å²) in [4.78, 5) is 0. The van der Waals surface area contributed by atoms with Crippen LogP contribution in [-0.4, -0.2) is 7.11 Å². The number of nitriles is 1. The Morgan fingerprint density at radius 2 is 2.18 bits per heavy atom. The predicted molar refractivity (Wildman–Crippen MR) is 68.7 cm³/mol. The van der Waals surface area contributed by atoms with Crippen molar-refractivity contribution in [2.45, 2.75) is 26.7 Å². The van der Waals surface area contributed by atoms with E-state index in [2.05, 4.69) is 26.0 Å². The van der Waals surface area contributed by atoms with E-state index in [1.165, 1.54) is 11.1 Å².